The minimum atomic E-state index is 0.681. The van der Waals surface area contributed by atoms with Crippen LogP contribution in [0, 0.1) is 0 Å². The second-order valence-corrected chi connectivity index (χ2v) is 7.97. The normalized spacial score (nSPS) is 19.6. The number of aromatic nitrogens is 2. The van der Waals surface area contributed by atoms with E-state index in [4.69, 9.17) is 0 Å². The molecular formula is C24H39N5. The van der Waals surface area contributed by atoms with E-state index in [1.807, 2.05) is 20.0 Å². The predicted molar refractivity (Wildman–Crippen MR) is 123 cm³/mol. The Bertz CT molecular complexity index is 690. The molecule has 2 heterocycles. The highest BCUT2D eigenvalue weighted by molar-refractivity contribution is 5.46. The van der Waals surface area contributed by atoms with E-state index in [1.54, 1.807) is 0 Å². The van der Waals surface area contributed by atoms with Gasteiger partial charge in [-0.15, -0.1) is 0 Å². The van der Waals surface area contributed by atoms with E-state index in [-0.39, 0.29) is 0 Å². The number of rotatable bonds is 7. The molecule has 5 heteroatoms. The number of piperazine rings is 1. The zero-order valence-corrected chi connectivity index (χ0v) is 18.6. The zero-order chi connectivity index (χ0) is 20.5. The van der Waals surface area contributed by atoms with E-state index in [1.165, 1.54) is 62.5 Å². The first-order chi connectivity index (χ1) is 14.3. The van der Waals surface area contributed by atoms with Crippen LogP contribution < -0.4 is 4.90 Å². The standard InChI is InChI=1S/C22H33N5.C2H6/c1-2-10-26(21-8-9-22-19(17-21)18-23-24-22)14-11-25-12-15-27(16-13-25)20-6-4-3-5-7-20;1-2/h3-7,18,21H,2,8-17H2,1H3,(H,23,24);1-2H3. The maximum Gasteiger partial charge on any atom is 0.0522 e. The zero-order valence-electron chi connectivity index (χ0n) is 18.6. The Morgan fingerprint density at radius 1 is 1.07 bits per heavy atom. The van der Waals surface area contributed by atoms with Gasteiger partial charge < -0.3 is 4.90 Å². The van der Waals surface area contributed by atoms with Gasteiger partial charge >= 0.3 is 0 Å². The fraction of sp³-hybridized carbons (Fsp3) is 0.625. The van der Waals surface area contributed by atoms with Crippen molar-refractivity contribution in [2.24, 2.45) is 0 Å². The molecule has 0 saturated carbocycles. The van der Waals surface area contributed by atoms with Gasteiger partial charge in [0.2, 0.25) is 0 Å². The van der Waals surface area contributed by atoms with Crippen LogP contribution in [0.2, 0.25) is 0 Å². The second-order valence-electron chi connectivity index (χ2n) is 7.97. The monoisotopic (exact) mass is 397 g/mol. The smallest absolute Gasteiger partial charge is 0.0522 e. The predicted octanol–water partition coefficient (Wildman–Crippen LogP) is 3.83. The Hall–Kier alpha value is -1.85. The topological polar surface area (TPSA) is 38.4 Å². The summed E-state index contributed by atoms with van der Waals surface area (Å²) in [6.07, 6.45) is 6.84. The number of nitrogens with one attached hydrogen (secondary N) is 1. The molecule has 0 bridgehead atoms. The van der Waals surface area contributed by atoms with Crippen LogP contribution in [0.5, 0.6) is 0 Å². The van der Waals surface area contributed by atoms with Gasteiger partial charge in [-0.25, -0.2) is 0 Å². The molecule has 1 fully saturated rings. The number of H-pyrrole nitrogens is 1. The van der Waals surface area contributed by atoms with Gasteiger partial charge in [-0.1, -0.05) is 39.0 Å². The van der Waals surface area contributed by atoms with Gasteiger partial charge in [0, 0.05) is 56.7 Å². The van der Waals surface area contributed by atoms with E-state index in [0.29, 0.717) is 6.04 Å². The fourth-order valence-electron chi connectivity index (χ4n) is 4.61. The van der Waals surface area contributed by atoms with Crippen molar-refractivity contribution in [3.63, 3.8) is 0 Å². The molecule has 5 nitrogen and oxygen atoms in total. The summed E-state index contributed by atoms with van der Waals surface area (Å²) in [5, 5.41) is 7.41. The molecular weight excluding hydrogens is 358 g/mol. The molecule has 2 aliphatic rings. The summed E-state index contributed by atoms with van der Waals surface area (Å²) in [5.41, 5.74) is 4.16. The summed E-state index contributed by atoms with van der Waals surface area (Å²) in [7, 11) is 0. The van der Waals surface area contributed by atoms with Crippen molar-refractivity contribution < 1.29 is 0 Å². The quantitative estimate of drug-likeness (QED) is 0.771. The summed E-state index contributed by atoms with van der Waals surface area (Å²) in [6.45, 7) is 14.5. The summed E-state index contributed by atoms with van der Waals surface area (Å²) in [5.74, 6) is 0. The average Bonchev–Trinajstić information content (AvgIpc) is 3.27. The lowest BCUT2D eigenvalue weighted by Gasteiger charge is -2.39. The number of aromatic amines is 1. The van der Waals surface area contributed by atoms with Crippen molar-refractivity contribution in [3.8, 4) is 0 Å². The van der Waals surface area contributed by atoms with Crippen molar-refractivity contribution in [2.75, 3.05) is 50.7 Å². The molecule has 1 N–H and O–H groups in total. The van der Waals surface area contributed by atoms with Crippen molar-refractivity contribution in [3.05, 3.63) is 47.8 Å². The Morgan fingerprint density at radius 2 is 1.83 bits per heavy atom. The van der Waals surface area contributed by atoms with Gasteiger partial charge in [0.25, 0.3) is 0 Å². The maximum atomic E-state index is 4.24. The second kappa shape index (κ2) is 11.4. The molecule has 2 aromatic rings. The number of anilines is 1. The van der Waals surface area contributed by atoms with Crippen LogP contribution in [0.15, 0.2) is 36.5 Å². The van der Waals surface area contributed by atoms with Gasteiger partial charge in [0.15, 0.2) is 0 Å². The number of aryl methyl sites for hydroxylation is 1. The summed E-state index contributed by atoms with van der Waals surface area (Å²) in [4.78, 5) is 7.90. The molecule has 0 spiro atoms. The van der Waals surface area contributed by atoms with E-state index < -0.39 is 0 Å². The van der Waals surface area contributed by atoms with E-state index in [9.17, 15) is 0 Å². The Kier molecular flexibility index (Phi) is 8.56. The van der Waals surface area contributed by atoms with Gasteiger partial charge in [0.05, 0.1) is 6.20 Å². The number of para-hydroxylation sites is 1. The average molecular weight is 398 g/mol. The van der Waals surface area contributed by atoms with Crippen molar-refractivity contribution in [2.45, 2.75) is 52.5 Å². The van der Waals surface area contributed by atoms with Crippen LogP contribution in [0.3, 0.4) is 0 Å². The van der Waals surface area contributed by atoms with E-state index >= 15 is 0 Å². The third kappa shape index (κ3) is 5.83. The number of fused-ring (bicyclic) bond motifs is 1. The molecule has 1 aromatic carbocycles. The van der Waals surface area contributed by atoms with Crippen LogP contribution >= 0.6 is 0 Å². The molecule has 160 valence electrons. The first-order valence-corrected chi connectivity index (χ1v) is 11.6. The highest BCUT2D eigenvalue weighted by Crippen LogP contribution is 2.23. The third-order valence-electron chi connectivity index (χ3n) is 6.21. The Balaban J connectivity index is 0.00000117. The SMILES string of the molecule is CC.CCCN(CCN1CCN(c2ccccc2)CC1)C1CCc2[nH]ncc2C1. The lowest BCUT2D eigenvalue weighted by Crippen LogP contribution is -2.50. The molecule has 4 rings (SSSR count). The first-order valence-electron chi connectivity index (χ1n) is 11.6. The first kappa shape index (κ1) is 21.8. The van der Waals surface area contributed by atoms with Crippen molar-refractivity contribution in [1.82, 2.24) is 20.0 Å². The molecule has 1 aliphatic carbocycles. The lowest BCUT2D eigenvalue weighted by molar-refractivity contribution is 0.145. The van der Waals surface area contributed by atoms with Gasteiger partial charge in [0.1, 0.15) is 0 Å². The largest absolute Gasteiger partial charge is 0.369 e. The van der Waals surface area contributed by atoms with Crippen LogP contribution in [0.1, 0.15) is 44.9 Å². The molecule has 0 amide bonds. The minimum absolute atomic E-state index is 0.681. The van der Waals surface area contributed by atoms with Crippen LogP contribution in [0.4, 0.5) is 5.69 Å². The summed E-state index contributed by atoms with van der Waals surface area (Å²) >= 11 is 0. The highest BCUT2D eigenvalue weighted by Gasteiger charge is 2.26. The number of hydrogen-bond acceptors (Lipinski definition) is 4. The molecule has 1 atom stereocenters. The number of hydrogen-bond donors (Lipinski definition) is 1. The fourth-order valence-corrected chi connectivity index (χ4v) is 4.61. The van der Waals surface area contributed by atoms with Crippen LogP contribution in [0.25, 0.3) is 0 Å². The molecule has 1 aromatic heterocycles. The van der Waals surface area contributed by atoms with E-state index in [2.05, 4.69) is 62.2 Å². The Morgan fingerprint density at radius 3 is 2.55 bits per heavy atom. The number of nitrogens with zero attached hydrogens (tertiary/aromatic N) is 4. The van der Waals surface area contributed by atoms with Crippen LogP contribution in [-0.4, -0.2) is 71.9 Å². The summed E-state index contributed by atoms with van der Waals surface area (Å²) < 4.78 is 0. The molecule has 29 heavy (non-hydrogen) atoms. The maximum absolute atomic E-state index is 4.24. The van der Waals surface area contributed by atoms with Crippen molar-refractivity contribution in [1.29, 1.82) is 0 Å². The lowest BCUT2D eigenvalue weighted by atomic mass is 9.92. The number of benzene rings is 1. The molecule has 1 unspecified atom stereocenters. The molecule has 1 aliphatic heterocycles. The van der Waals surface area contributed by atoms with Gasteiger partial charge in [-0.3, -0.25) is 14.9 Å². The van der Waals surface area contributed by atoms with Gasteiger partial charge in [-0.2, -0.15) is 5.10 Å². The summed E-state index contributed by atoms with van der Waals surface area (Å²) in [6, 6.07) is 11.5. The molecule has 1 saturated heterocycles. The van der Waals surface area contributed by atoms with Crippen LogP contribution in [-0.2, 0) is 12.8 Å². The van der Waals surface area contributed by atoms with E-state index in [0.717, 1.165) is 25.9 Å². The Labute approximate surface area is 177 Å². The highest BCUT2D eigenvalue weighted by atomic mass is 15.3. The van der Waals surface area contributed by atoms with Crippen molar-refractivity contribution >= 4 is 5.69 Å². The third-order valence-corrected chi connectivity index (χ3v) is 6.21. The minimum Gasteiger partial charge on any atom is -0.369 e. The molecule has 0 radical (unpaired) electrons. The van der Waals surface area contributed by atoms with Gasteiger partial charge in [-0.05, 0) is 49.9 Å².